The summed E-state index contributed by atoms with van der Waals surface area (Å²) in [5.74, 6) is -1.46. The molecule has 13 nitrogen and oxygen atoms in total. The molecule has 0 amide bonds. The fraction of sp³-hybridized carbons (Fsp3) is 0.500. The summed E-state index contributed by atoms with van der Waals surface area (Å²) in [6.45, 7) is 2.67. The maximum Gasteiger partial charge on any atom is 0.459 e. The summed E-state index contributed by atoms with van der Waals surface area (Å²) in [5.41, 5.74) is -3.76. The van der Waals surface area contributed by atoms with Crippen molar-refractivity contribution in [2.24, 2.45) is 0 Å². The lowest BCUT2D eigenvalue weighted by Crippen LogP contribution is -2.47. The van der Waals surface area contributed by atoms with E-state index in [0.29, 0.717) is 4.57 Å². The molecule has 1 aromatic heterocycles. The Hall–Kier alpha value is -2.80. The van der Waals surface area contributed by atoms with Crippen molar-refractivity contribution in [3.63, 3.8) is 0 Å². The first kappa shape index (κ1) is 23.6. The highest BCUT2D eigenvalue weighted by atomic mass is 31.2. The number of hydrogen-bond acceptors (Lipinski definition) is 9. The standard InChI is InChI=1S/C22H30N3O10P/c1-12(2)14-6-5-7-15(10-14)35-36(32,24-13(3)19(28)29)33-11-16-18(27)22(4,31)20(34-16)25-9-8-17(26)23-21(25)30/h5-10,12-13,16,18,20,27,31H,11H2,1-4H3,(H,24,32)(H,28,29)(H,23,26,30)/t13-,16+,18+,20+,22+,36?/m0/s1/i8D,11D2. The van der Waals surface area contributed by atoms with E-state index in [1.807, 2.05) is 18.8 Å². The summed E-state index contributed by atoms with van der Waals surface area (Å²) in [4.78, 5) is 37.2. The van der Waals surface area contributed by atoms with Gasteiger partial charge in [-0.2, -0.15) is 5.09 Å². The molecule has 1 aliphatic heterocycles. The van der Waals surface area contributed by atoms with E-state index in [-0.39, 0.29) is 11.7 Å². The van der Waals surface area contributed by atoms with Crippen LogP contribution in [-0.2, 0) is 18.6 Å². The second-order valence-corrected chi connectivity index (χ2v) is 10.4. The van der Waals surface area contributed by atoms with Gasteiger partial charge in [0.15, 0.2) is 6.23 Å². The highest BCUT2D eigenvalue weighted by Crippen LogP contribution is 2.47. The Labute approximate surface area is 210 Å². The van der Waals surface area contributed by atoms with E-state index < -0.39 is 67.6 Å². The molecule has 6 atom stereocenters. The van der Waals surface area contributed by atoms with Crippen LogP contribution in [0.1, 0.15) is 49.5 Å². The summed E-state index contributed by atoms with van der Waals surface area (Å²) < 4.78 is 54.9. The third-order valence-electron chi connectivity index (χ3n) is 5.46. The van der Waals surface area contributed by atoms with Gasteiger partial charge < -0.3 is 24.6 Å². The maximum atomic E-state index is 13.7. The van der Waals surface area contributed by atoms with Gasteiger partial charge in [0.1, 0.15) is 29.6 Å². The number of aliphatic hydroxyl groups excluding tert-OH is 1. The Bertz CT molecular complexity index is 1400. The molecule has 198 valence electrons. The van der Waals surface area contributed by atoms with Gasteiger partial charge in [-0.3, -0.25) is 23.7 Å². The fourth-order valence-electron chi connectivity index (χ4n) is 3.36. The molecule has 3 rings (SSSR count). The van der Waals surface area contributed by atoms with Crippen molar-refractivity contribution < 1.29 is 42.6 Å². The molecule has 1 aliphatic rings. The van der Waals surface area contributed by atoms with Crippen LogP contribution in [0.2, 0.25) is 0 Å². The van der Waals surface area contributed by atoms with Gasteiger partial charge in [0.05, 0.1) is 10.7 Å². The summed E-state index contributed by atoms with van der Waals surface area (Å²) in [6, 6.07) is 4.03. The summed E-state index contributed by atoms with van der Waals surface area (Å²) in [6.07, 6.45) is -5.32. The number of aliphatic carboxylic acids is 1. The van der Waals surface area contributed by atoms with E-state index >= 15 is 0 Å². The lowest BCUT2D eigenvalue weighted by Gasteiger charge is -2.27. The molecule has 5 N–H and O–H groups in total. The number of aromatic amines is 1. The number of hydrogen-bond donors (Lipinski definition) is 5. The number of aliphatic hydroxyl groups is 2. The van der Waals surface area contributed by atoms with Gasteiger partial charge in [-0.05, 0) is 37.5 Å². The van der Waals surface area contributed by atoms with Crippen molar-refractivity contribution in [3.05, 3.63) is 62.9 Å². The van der Waals surface area contributed by atoms with Crippen LogP contribution in [0.25, 0.3) is 0 Å². The zero-order chi connectivity index (χ0) is 29.5. The Balaban J connectivity index is 1.98. The van der Waals surface area contributed by atoms with E-state index in [1.54, 1.807) is 12.1 Å². The van der Waals surface area contributed by atoms with Gasteiger partial charge in [-0.15, -0.1) is 0 Å². The second kappa shape index (κ2) is 10.7. The second-order valence-electron chi connectivity index (χ2n) is 8.73. The van der Waals surface area contributed by atoms with E-state index in [1.165, 1.54) is 12.1 Å². The number of rotatable bonds is 10. The normalized spacial score (nSPS) is 28.1. The molecule has 1 aromatic carbocycles. The molecule has 0 spiro atoms. The largest absolute Gasteiger partial charge is 0.480 e. The minimum absolute atomic E-state index is 0.0352. The van der Waals surface area contributed by atoms with Gasteiger partial charge >= 0.3 is 19.4 Å². The first-order valence-corrected chi connectivity index (χ1v) is 12.4. The number of ether oxygens (including phenoxy) is 1. The van der Waals surface area contributed by atoms with E-state index in [4.69, 9.17) is 17.9 Å². The molecule has 1 unspecified atom stereocenters. The summed E-state index contributed by atoms with van der Waals surface area (Å²) in [7, 11) is -4.88. The Morgan fingerprint density at radius 1 is 1.42 bits per heavy atom. The van der Waals surface area contributed by atoms with E-state index in [2.05, 4.69) is 5.09 Å². The minimum atomic E-state index is -4.88. The summed E-state index contributed by atoms with van der Waals surface area (Å²) in [5, 5.41) is 33.1. The van der Waals surface area contributed by atoms with Crippen molar-refractivity contribution in [2.45, 2.75) is 63.7 Å². The van der Waals surface area contributed by atoms with Crippen LogP contribution in [0.4, 0.5) is 0 Å². The molecule has 14 heteroatoms. The number of nitrogens with one attached hydrogen (secondary N) is 2. The van der Waals surface area contributed by atoms with Crippen LogP contribution in [0.15, 0.2) is 46.1 Å². The summed E-state index contributed by atoms with van der Waals surface area (Å²) >= 11 is 0. The highest BCUT2D eigenvalue weighted by molar-refractivity contribution is 7.52. The van der Waals surface area contributed by atoms with E-state index in [9.17, 15) is 34.3 Å². The van der Waals surface area contributed by atoms with E-state index in [0.717, 1.165) is 25.6 Å². The SMILES string of the molecule is [2H]c1cn([C@@H]2O[C@H](C([2H])([2H])OP(=O)(N[C@@H](C)C(=O)O)Oc3cccc(C(C)C)c3)[C@@H](O)[C@@]2(C)O)c(=O)[nH]c1=O. The number of carbonyl (C=O) groups is 1. The first-order chi connectivity index (χ1) is 17.9. The number of benzene rings is 1. The highest BCUT2D eigenvalue weighted by Gasteiger charge is 2.54. The van der Waals surface area contributed by atoms with Crippen molar-refractivity contribution in [2.75, 3.05) is 6.56 Å². The van der Waals surface area contributed by atoms with Crippen LogP contribution < -0.4 is 20.9 Å². The Kier molecular flexibility index (Phi) is 6.99. The van der Waals surface area contributed by atoms with Crippen LogP contribution in [0, 0.1) is 0 Å². The Morgan fingerprint density at radius 2 is 2.11 bits per heavy atom. The molecular formula is C22H30N3O10P. The average Bonchev–Trinajstić information content (AvgIpc) is 3.05. The topological polar surface area (TPSA) is 189 Å². The molecule has 0 saturated carbocycles. The molecule has 0 radical (unpaired) electrons. The Morgan fingerprint density at radius 3 is 2.75 bits per heavy atom. The average molecular weight is 530 g/mol. The van der Waals surface area contributed by atoms with Gasteiger partial charge in [-0.25, -0.2) is 9.36 Å². The predicted octanol–water partition coefficient (Wildman–Crippen LogP) is 0.936. The number of carboxylic acids is 1. The van der Waals surface area contributed by atoms with Crippen molar-refractivity contribution in [1.82, 2.24) is 14.6 Å². The zero-order valence-corrected chi connectivity index (χ0v) is 20.8. The lowest BCUT2D eigenvalue weighted by molar-refractivity contribution is -0.138. The number of nitrogens with zero attached hydrogens (tertiary/aromatic N) is 1. The quantitative estimate of drug-likeness (QED) is 0.275. The van der Waals surface area contributed by atoms with Gasteiger partial charge in [0, 0.05) is 12.2 Å². The van der Waals surface area contributed by atoms with Crippen LogP contribution in [-0.4, -0.2) is 61.2 Å². The third kappa shape index (κ3) is 6.12. The molecule has 1 fully saturated rings. The van der Waals surface area contributed by atoms with Crippen molar-refractivity contribution in [3.8, 4) is 5.75 Å². The molecule has 0 aliphatic carbocycles. The lowest BCUT2D eigenvalue weighted by atomic mass is 9.96. The number of carboxylic acid groups (broad SMARTS) is 1. The molecule has 2 aromatic rings. The van der Waals surface area contributed by atoms with Crippen molar-refractivity contribution in [1.29, 1.82) is 0 Å². The minimum Gasteiger partial charge on any atom is -0.480 e. The van der Waals surface area contributed by atoms with Crippen LogP contribution >= 0.6 is 7.75 Å². The van der Waals surface area contributed by atoms with Crippen LogP contribution in [0.5, 0.6) is 5.75 Å². The first-order valence-electron chi connectivity index (χ1n) is 12.4. The molecule has 0 bridgehead atoms. The van der Waals surface area contributed by atoms with Crippen molar-refractivity contribution >= 4 is 13.7 Å². The molecule has 1 saturated heterocycles. The molecule has 36 heavy (non-hydrogen) atoms. The molecular weight excluding hydrogens is 497 g/mol. The number of H-pyrrole nitrogens is 1. The number of aromatic nitrogens is 2. The van der Waals surface area contributed by atoms with Gasteiger partial charge in [-0.1, -0.05) is 26.0 Å². The van der Waals surface area contributed by atoms with Crippen LogP contribution in [0.3, 0.4) is 0 Å². The maximum absolute atomic E-state index is 13.7. The fourth-order valence-corrected chi connectivity index (χ4v) is 4.72. The van der Waals surface area contributed by atoms with Gasteiger partial charge in [0.2, 0.25) is 0 Å². The van der Waals surface area contributed by atoms with Gasteiger partial charge in [0.25, 0.3) is 5.56 Å². The molecule has 2 heterocycles. The zero-order valence-electron chi connectivity index (χ0n) is 22.9. The smallest absolute Gasteiger partial charge is 0.459 e. The third-order valence-corrected chi connectivity index (χ3v) is 6.97. The monoisotopic (exact) mass is 530 g/mol. The predicted molar refractivity (Wildman–Crippen MR) is 127 cm³/mol.